The minimum absolute atomic E-state index is 0.324. The van der Waals surface area contributed by atoms with Crippen molar-refractivity contribution >= 4 is 6.09 Å². The molecular formula is C12H12FN3O3. The van der Waals surface area contributed by atoms with Gasteiger partial charge >= 0.3 is 6.09 Å². The molecular weight excluding hydrogens is 253 g/mol. The highest BCUT2D eigenvalue weighted by molar-refractivity contribution is 5.66. The van der Waals surface area contributed by atoms with Crippen LogP contribution in [0.25, 0.3) is 11.4 Å². The number of rotatable bonds is 4. The molecule has 0 bridgehead atoms. The third kappa shape index (κ3) is 3.51. The first-order valence-electron chi connectivity index (χ1n) is 5.59. The minimum atomic E-state index is -0.515. The standard InChI is InChI=1S/C12H12FN3O3/c1-18-12(17)14-7-6-10-15-11(16-19-10)8-2-4-9(13)5-3-8/h2-5H,6-7H2,1H3,(H,14,17). The Labute approximate surface area is 108 Å². The first-order chi connectivity index (χ1) is 9.19. The predicted molar refractivity (Wildman–Crippen MR) is 63.8 cm³/mol. The number of nitrogens with one attached hydrogen (secondary N) is 1. The predicted octanol–water partition coefficient (Wildman–Crippen LogP) is 1.77. The van der Waals surface area contributed by atoms with Crippen molar-refractivity contribution < 1.29 is 18.4 Å². The first-order valence-corrected chi connectivity index (χ1v) is 5.59. The summed E-state index contributed by atoms with van der Waals surface area (Å²) in [6, 6.07) is 5.78. The molecule has 1 N–H and O–H groups in total. The molecule has 1 aromatic carbocycles. The number of nitrogens with zero attached hydrogens (tertiary/aromatic N) is 2. The molecule has 0 aliphatic carbocycles. The van der Waals surface area contributed by atoms with Gasteiger partial charge in [-0.15, -0.1) is 0 Å². The van der Waals surface area contributed by atoms with Crippen LogP contribution in [-0.2, 0) is 11.2 Å². The fourth-order valence-corrected chi connectivity index (χ4v) is 1.42. The molecule has 0 aliphatic rings. The Morgan fingerprint density at radius 2 is 2.16 bits per heavy atom. The van der Waals surface area contributed by atoms with E-state index in [1.54, 1.807) is 12.1 Å². The summed E-state index contributed by atoms with van der Waals surface area (Å²) < 4.78 is 22.2. The number of carbonyl (C=O) groups is 1. The van der Waals surface area contributed by atoms with Crippen LogP contribution in [0.5, 0.6) is 0 Å². The molecule has 0 atom stereocenters. The van der Waals surface area contributed by atoms with E-state index in [1.807, 2.05) is 0 Å². The molecule has 2 rings (SSSR count). The normalized spacial score (nSPS) is 10.2. The number of hydrogen-bond donors (Lipinski definition) is 1. The van der Waals surface area contributed by atoms with E-state index in [1.165, 1.54) is 19.2 Å². The molecule has 2 aromatic rings. The van der Waals surface area contributed by atoms with Gasteiger partial charge < -0.3 is 14.6 Å². The van der Waals surface area contributed by atoms with Crippen LogP contribution in [0, 0.1) is 5.82 Å². The van der Waals surface area contributed by atoms with Gasteiger partial charge in [-0.2, -0.15) is 4.98 Å². The van der Waals surface area contributed by atoms with Gasteiger partial charge in [0.1, 0.15) is 5.82 Å². The van der Waals surface area contributed by atoms with Gasteiger partial charge in [-0.25, -0.2) is 9.18 Å². The maximum absolute atomic E-state index is 12.8. The number of aromatic nitrogens is 2. The highest BCUT2D eigenvalue weighted by Gasteiger charge is 2.09. The molecule has 1 heterocycles. The lowest BCUT2D eigenvalue weighted by molar-refractivity contribution is 0.171. The lowest BCUT2D eigenvalue weighted by atomic mass is 10.2. The number of hydrogen-bond acceptors (Lipinski definition) is 5. The maximum Gasteiger partial charge on any atom is 0.406 e. The molecule has 1 aromatic heterocycles. The topological polar surface area (TPSA) is 77.2 Å². The highest BCUT2D eigenvalue weighted by Crippen LogP contribution is 2.16. The summed E-state index contributed by atoms with van der Waals surface area (Å²) in [5, 5.41) is 6.28. The Bertz CT molecular complexity index is 554. The van der Waals surface area contributed by atoms with Crippen LogP contribution in [0.3, 0.4) is 0 Å². The van der Waals surface area contributed by atoms with E-state index in [9.17, 15) is 9.18 Å². The van der Waals surface area contributed by atoms with Crippen LogP contribution in [0.15, 0.2) is 28.8 Å². The lowest BCUT2D eigenvalue weighted by Crippen LogP contribution is -2.25. The Morgan fingerprint density at radius 3 is 2.84 bits per heavy atom. The lowest BCUT2D eigenvalue weighted by Gasteiger charge is -1.99. The second-order valence-electron chi connectivity index (χ2n) is 3.69. The molecule has 0 radical (unpaired) electrons. The first kappa shape index (κ1) is 13.0. The number of ether oxygens (including phenoxy) is 1. The van der Waals surface area contributed by atoms with Crippen LogP contribution in [-0.4, -0.2) is 29.9 Å². The summed E-state index contributed by atoms with van der Waals surface area (Å²) in [5.74, 6) is 0.443. The molecule has 0 fully saturated rings. The summed E-state index contributed by atoms with van der Waals surface area (Å²) in [6.45, 7) is 0.331. The van der Waals surface area contributed by atoms with E-state index in [-0.39, 0.29) is 5.82 Å². The summed E-state index contributed by atoms with van der Waals surface area (Å²) in [4.78, 5) is 15.0. The second-order valence-corrected chi connectivity index (χ2v) is 3.69. The van der Waals surface area contributed by atoms with Gasteiger partial charge in [0.15, 0.2) is 0 Å². The Kier molecular flexibility index (Phi) is 4.07. The zero-order valence-electron chi connectivity index (χ0n) is 10.2. The van der Waals surface area contributed by atoms with Gasteiger partial charge in [-0.3, -0.25) is 0 Å². The zero-order chi connectivity index (χ0) is 13.7. The van der Waals surface area contributed by atoms with Gasteiger partial charge in [0.25, 0.3) is 0 Å². The average Bonchev–Trinajstić information content (AvgIpc) is 2.88. The number of methoxy groups -OCH3 is 1. The van der Waals surface area contributed by atoms with Crippen molar-refractivity contribution in [2.24, 2.45) is 0 Å². The monoisotopic (exact) mass is 265 g/mol. The molecule has 0 aliphatic heterocycles. The molecule has 0 spiro atoms. The minimum Gasteiger partial charge on any atom is -0.453 e. The Hall–Kier alpha value is -2.44. The van der Waals surface area contributed by atoms with Gasteiger partial charge in [-0.05, 0) is 24.3 Å². The van der Waals surface area contributed by atoms with Crippen molar-refractivity contribution in [3.63, 3.8) is 0 Å². The van der Waals surface area contributed by atoms with Crippen LogP contribution in [0.2, 0.25) is 0 Å². The van der Waals surface area contributed by atoms with Crippen molar-refractivity contribution in [1.82, 2.24) is 15.5 Å². The highest BCUT2D eigenvalue weighted by atomic mass is 19.1. The average molecular weight is 265 g/mol. The van der Waals surface area contributed by atoms with Crippen molar-refractivity contribution in [2.45, 2.75) is 6.42 Å². The zero-order valence-corrected chi connectivity index (χ0v) is 10.2. The second kappa shape index (κ2) is 5.94. The Balaban J connectivity index is 1.95. The molecule has 0 saturated carbocycles. The van der Waals surface area contributed by atoms with Crippen LogP contribution in [0.4, 0.5) is 9.18 Å². The molecule has 0 unspecified atom stereocenters. The van der Waals surface area contributed by atoms with Crippen LogP contribution >= 0.6 is 0 Å². The largest absolute Gasteiger partial charge is 0.453 e. The molecule has 1 amide bonds. The number of carbonyl (C=O) groups excluding carboxylic acids is 1. The number of benzene rings is 1. The van der Waals surface area contributed by atoms with Crippen molar-refractivity contribution in [3.8, 4) is 11.4 Å². The molecule has 0 saturated heterocycles. The Morgan fingerprint density at radius 1 is 1.42 bits per heavy atom. The van der Waals surface area contributed by atoms with Crippen molar-refractivity contribution in [3.05, 3.63) is 36.0 Å². The van der Waals surface area contributed by atoms with E-state index in [0.717, 1.165) is 0 Å². The van der Waals surface area contributed by atoms with Gasteiger partial charge in [0, 0.05) is 18.5 Å². The summed E-state index contributed by atoms with van der Waals surface area (Å²) in [5.41, 5.74) is 0.664. The van der Waals surface area contributed by atoms with Crippen LogP contribution in [0.1, 0.15) is 5.89 Å². The quantitative estimate of drug-likeness (QED) is 0.911. The van der Waals surface area contributed by atoms with Gasteiger partial charge in [-0.1, -0.05) is 5.16 Å². The van der Waals surface area contributed by atoms with Crippen molar-refractivity contribution in [1.29, 1.82) is 0 Å². The molecule has 7 heteroatoms. The molecule has 19 heavy (non-hydrogen) atoms. The van der Waals surface area contributed by atoms with E-state index in [2.05, 4.69) is 20.2 Å². The van der Waals surface area contributed by atoms with E-state index < -0.39 is 6.09 Å². The fraction of sp³-hybridized carbons (Fsp3) is 0.250. The third-order valence-electron chi connectivity index (χ3n) is 2.36. The smallest absolute Gasteiger partial charge is 0.406 e. The van der Waals surface area contributed by atoms with E-state index in [4.69, 9.17) is 4.52 Å². The van der Waals surface area contributed by atoms with E-state index in [0.29, 0.717) is 30.2 Å². The molecule has 6 nitrogen and oxygen atoms in total. The number of alkyl carbamates (subject to hydrolysis) is 1. The maximum atomic E-state index is 12.8. The summed E-state index contributed by atoms with van der Waals surface area (Å²) in [7, 11) is 1.29. The fourth-order valence-electron chi connectivity index (χ4n) is 1.42. The summed E-state index contributed by atoms with van der Waals surface area (Å²) in [6.07, 6.45) is -0.123. The van der Waals surface area contributed by atoms with Gasteiger partial charge in [0.05, 0.1) is 7.11 Å². The van der Waals surface area contributed by atoms with Crippen LogP contribution < -0.4 is 5.32 Å². The number of halogens is 1. The third-order valence-corrected chi connectivity index (χ3v) is 2.36. The SMILES string of the molecule is COC(=O)NCCc1nc(-c2ccc(F)cc2)no1. The molecule has 100 valence electrons. The van der Waals surface area contributed by atoms with Gasteiger partial charge in [0.2, 0.25) is 11.7 Å². The van der Waals surface area contributed by atoms with Crippen molar-refractivity contribution in [2.75, 3.05) is 13.7 Å². The summed E-state index contributed by atoms with van der Waals surface area (Å²) >= 11 is 0. The number of amides is 1. The van der Waals surface area contributed by atoms with E-state index >= 15 is 0 Å².